The molecule has 1 saturated heterocycles. The Morgan fingerprint density at radius 2 is 2.36 bits per heavy atom. The lowest BCUT2D eigenvalue weighted by molar-refractivity contribution is -0.133. The van der Waals surface area contributed by atoms with Crippen LogP contribution < -0.4 is 0 Å². The van der Waals surface area contributed by atoms with E-state index in [4.69, 9.17) is 13.9 Å². The van der Waals surface area contributed by atoms with Gasteiger partial charge in [-0.1, -0.05) is 0 Å². The Kier molecular flexibility index (Phi) is 2.17. The summed E-state index contributed by atoms with van der Waals surface area (Å²) in [6, 6.07) is 1.62. The molecule has 1 fully saturated rings. The first-order valence-electron chi connectivity index (χ1n) is 4.47. The normalized spacial score (nSPS) is 25.1. The Hall–Kier alpha value is -1.13. The first kappa shape index (κ1) is 9.43. The Morgan fingerprint density at radius 1 is 1.57 bits per heavy atom. The molecule has 2 heterocycles. The number of carbonyl (C=O) groups excluding carboxylic acids is 1. The summed E-state index contributed by atoms with van der Waals surface area (Å²) < 4.78 is 15.5. The van der Waals surface area contributed by atoms with E-state index in [1.54, 1.807) is 19.9 Å². The summed E-state index contributed by atoms with van der Waals surface area (Å²) in [5, 5.41) is 0. The van der Waals surface area contributed by atoms with Gasteiger partial charge in [-0.15, -0.1) is 0 Å². The van der Waals surface area contributed by atoms with Gasteiger partial charge in [-0.05, 0) is 19.9 Å². The summed E-state index contributed by atoms with van der Waals surface area (Å²) >= 11 is 0. The fraction of sp³-hybridized carbons (Fsp3) is 0.500. The Labute approximate surface area is 81.8 Å². The minimum absolute atomic E-state index is 0.0932. The van der Waals surface area contributed by atoms with Crippen LogP contribution in [0, 0.1) is 0 Å². The van der Waals surface area contributed by atoms with Gasteiger partial charge >= 0.3 is 0 Å². The second kappa shape index (κ2) is 3.22. The number of Topliss-reactive ketones (excluding diaryl/α,β-unsaturated/α-hetero) is 1. The van der Waals surface area contributed by atoms with Crippen LogP contribution >= 0.6 is 0 Å². The average molecular weight is 196 g/mol. The van der Waals surface area contributed by atoms with Crippen LogP contribution in [0.4, 0.5) is 0 Å². The third kappa shape index (κ3) is 1.71. The van der Waals surface area contributed by atoms with Crippen molar-refractivity contribution >= 4 is 5.78 Å². The molecule has 0 bridgehead atoms. The quantitative estimate of drug-likeness (QED) is 0.674. The van der Waals surface area contributed by atoms with Gasteiger partial charge in [0.25, 0.3) is 0 Å². The topological polar surface area (TPSA) is 48.7 Å². The van der Waals surface area contributed by atoms with Gasteiger partial charge in [0.1, 0.15) is 12.4 Å². The molecule has 0 radical (unpaired) electrons. The predicted molar refractivity (Wildman–Crippen MR) is 47.9 cm³/mol. The molecule has 76 valence electrons. The summed E-state index contributed by atoms with van der Waals surface area (Å²) in [4.78, 5) is 11.7. The van der Waals surface area contributed by atoms with E-state index in [1.807, 2.05) is 0 Å². The number of hydrogen-bond donors (Lipinski definition) is 0. The molecule has 1 aliphatic heterocycles. The second-order valence-corrected chi connectivity index (χ2v) is 3.69. The number of furan rings is 1. The molecular weight excluding hydrogens is 184 g/mol. The molecule has 1 aliphatic rings. The minimum Gasteiger partial charge on any atom is -0.472 e. The van der Waals surface area contributed by atoms with Crippen molar-refractivity contribution in [2.24, 2.45) is 0 Å². The molecule has 4 nitrogen and oxygen atoms in total. The molecule has 0 saturated carbocycles. The molecular formula is C10H12O4. The lowest BCUT2D eigenvalue weighted by Crippen LogP contribution is -2.26. The highest BCUT2D eigenvalue weighted by molar-refractivity contribution is 5.99. The van der Waals surface area contributed by atoms with Crippen molar-refractivity contribution in [3.63, 3.8) is 0 Å². The molecule has 1 aromatic rings. The zero-order valence-electron chi connectivity index (χ0n) is 8.15. The van der Waals surface area contributed by atoms with E-state index in [1.165, 1.54) is 12.5 Å². The van der Waals surface area contributed by atoms with E-state index >= 15 is 0 Å². The molecule has 0 unspecified atom stereocenters. The fourth-order valence-electron chi connectivity index (χ4n) is 1.41. The molecule has 0 spiro atoms. The molecule has 0 aromatic carbocycles. The Balaban J connectivity index is 2.08. The van der Waals surface area contributed by atoms with Gasteiger partial charge in [-0.3, -0.25) is 4.79 Å². The van der Waals surface area contributed by atoms with Gasteiger partial charge in [0.2, 0.25) is 0 Å². The largest absolute Gasteiger partial charge is 0.472 e. The summed E-state index contributed by atoms with van der Waals surface area (Å²) in [6.45, 7) is 3.88. The minimum atomic E-state index is -0.663. The zero-order valence-corrected chi connectivity index (χ0v) is 8.15. The predicted octanol–water partition coefficient (Wildman–Crippen LogP) is 1.61. The van der Waals surface area contributed by atoms with Gasteiger partial charge in [0, 0.05) is 0 Å². The van der Waals surface area contributed by atoms with Crippen LogP contribution in [0.15, 0.2) is 23.0 Å². The summed E-state index contributed by atoms with van der Waals surface area (Å²) in [5.74, 6) is -0.756. The maximum Gasteiger partial charge on any atom is 0.197 e. The van der Waals surface area contributed by atoms with Gasteiger partial charge < -0.3 is 13.9 Å². The van der Waals surface area contributed by atoms with Gasteiger partial charge in [0.15, 0.2) is 11.6 Å². The Bertz CT molecular complexity index is 326. The second-order valence-electron chi connectivity index (χ2n) is 3.69. The number of ketones is 1. The summed E-state index contributed by atoms with van der Waals surface area (Å²) in [6.07, 6.45) is 2.37. The van der Waals surface area contributed by atoms with Gasteiger partial charge in [0.05, 0.1) is 18.4 Å². The monoisotopic (exact) mass is 196 g/mol. The van der Waals surface area contributed by atoms with Crippen LogP contribution in [-0.4, -0.2) is 24.3 Å². The van der Waals surface area contributed by atoms with Crippen molar-refractivity contribution in [2.45, 2.75) is 25.7 Å². The van der Waals surface area contributed by atoms with Crippen molar-refractivity contribution in [2.75, 3.05) is 6.61 Å². The van der Waals surface area contributed by atoms with Crippen LogP contribution in [0.25, 0.3) is 0 Å². The standard InChI is InChI=1S/C10H12O4/c1-10(2)13-6-8(14-10)9(11)7-3-4-12-5-7/h3-5,8H,6H2,1-2H3/t8-/m1/s1. The van der Waals surface area contributed by atoms with Crippen molar-refractivity contribution in [3.8, 4) is 0 Å². The third-order valence-corrected chi connectivity index (χ3v) is 2.11. The highest BCUT2D eigenvalue weighted by atomic mass is 16.7. The molecule has 4 heteroatoms. The van der Waals surface area contributed by atoms with E-state index in [0.717, 1.165) is 0 Å². The van der Waals surface area contributed by atoms with Gasteiger partial charge in [-0.2, -0.15) is 0 Å². The van der Waals surface area contributed by atoms with Crippen LogP contribution in [0.2, 0.25) is 0 Å². The first-order valence-corrected chi connectivity index (χ1v) is 4.47. The van der Waals surface area contributed by atoms with Crippen LogP contribution in [0.3, 0.4) is 0 Å². The highest BCUT2D eigenvalue weighted by Gasteiger charge is 2.37. The molecule has 2 rings (SSSR count). The van der Waals surface area contributed by atoms with Crippen LogP contribution in [0.1, 0.15) is 24.2 Å². The summed E-state index contributed by atoms with van der Waals surface area (Å²) in [5.41, 5.74) is 0.524. The number of rotatable bonds is 2. The van der Waals surface area contributed by atoms with E-state index < -0.39 is 11.9 Å². The van der Waals surface area contributed by atoms with Crippen molar-refractivity contribution in [1.29, 1.82) is 0 Å². The van der Waals surface area contributed by atoms with Crippen molar-refractivity contribution < 1.29 is 18.7 Å². The summed E-state index contributed by atoms with van der Waals surface area (Å²) in [7, 11) is 0. The number of carbonyl (C=O) groups is 1. The molecule has 14 heavy (non-hydrogen) atoms. The van der Waals surface area contributed by atoms with Crippen molar-refractivity contribution in [3.05, 3.63) is 24.2 Å². The Morgan fingerprint density at radius 3 is 2.86 bits per heavy atom. The zero-order chi connectivity index (χ0) is 10.2. The number of hydrogen-bond acceptors (Lipinski definition) is 4. The molecule has 0 N–H and O–H groups in total. The highest BCUT2D eigenvalue weighted by Crippen LogP contribution is 2.24. The maximum absolute atomic E-state index is 11.7. The average Bonchev–Trinajstić information content (AvgIpc) is 2.72. The number of ether oxygens (including phenoxy) is 2. The van der Waals surface area contributed by atoms with Crippen molar-refractivity contribution in [1.82, 2.24) is 0 Å². The molecule has 0 amide bonds. The maximum atomic E-state index is 11.7. The fourth-order valence-corrected chi connectivity index (χ4v) is 1.41. The van der Waals surface area contributed by atoms with E-state index in [-0.39, 0.29) is 5.78 Å². The van der Waals surface area contributed by atoms with Gasteiger partial charge in [-0.25, -0.2) is 0 Å². The van der Waals surface area contributed by atoms with E-state index in [2.05, 4.69) is 0 Å². The van der Waals surface area contributed by atoms with E-state index in [0.29, 0.717) is 12.2 Å². The molecule has 1 aromatic heterocycles. The first-order chi connectivity index (χ1) is 6.58. The van der Waals surface area contributed by atoms with E-state index in [9.17, 15) is 4.79 Å². The third-order valence-electron chi connectivity index (χ3n) is 2.11. The SMILES string of the molecule is CC1(C)OC[C@H](C(=O)c2ccoc2)O1. The molecule has 0 aliphatic carbocycles. The molecule has 1 atom stereocenters. The van der Waals surface area contributed by atoms with Crippen LogP contribution in [0.5, 0.6) is 0 Å². The lowest BCUT2D eigenvalue weighted by Gasteiger charge is -2.16. The smallest absolute Gasteiger partial charge is 0.197 e. The van der Waals surface area contributed by atoms with Crippen LogP contribution in [-0.2, 0) is 9.47 Å². The lowest BCUT2D eigenvalue weighted by atomic mass is 10.1.